The van der Waals surface area contributed by atoms with Gasteiger partial charge in [0.25, 0.3) is 20.2 Å². The van der Waals surface area contributed by atoms with Gasteiger partial charge in [-0.3, -0.25) is 9.11 Å². The summed E-state index contributed by atoms with van der Waals surface area (Å²) in [4.78, 5) is 11.6. The van der Waals surface area contributed by atoms with Gasteiger partial charge in [0, 0.05) is 37.0 Å². The van der Waals surface area contributed by atoms with Gasteiger partial charge in [-0.1, -0.05) is 0 Å². The van der Waals surface area contributed by atoms with Gasteiger partial charge in [-0.2, -0.15) is 21.4 Å². The molecule has 1 atom stereocenters. The first-order valence-electron chi connectivity index (χ1n) is 16.3. The molecule has 14 nitrogen and oxygen atoms in total. The van der Waals surface area contributed by atoms with E-state index in [0.717, 1.165) is 0 Å². The summed E-state index contributed by atoms with van der Waals surface area (Å²) in [6.07, 6.45) is -0.511. The number of pyridine rings is 1. The van der Waals surface area contributed by atoms with E-state index in [1.165, 1.54) is 19.2 Å². The van der Waals surface area contributed by atoms with Gasteiger partial charge in [0.05, 0.1) is 68.7 Å². The van der Waals surface area contributed by atoms with Crippen molar-refractivity contribution in [2.75, 3.05) is 52.4 Å². The lowest BCUT2D eigenvalue weighted by molar-refractivity contribution is -0.890. The molecule has 0 aliphatic carbocycles. The lowest BCUT2D eigenvalue weighted by Gasteiger charge is -2.29. The van der Waals surface area contributed by atoms with Crippen molar-refractivity contribution in [3.63, 3.8) is 0 Å². The van der Waals surface area contributed by atoms with Crippen molar-refractivity contribution in [1.82, 2.24) is 0 Å². The number of hydrogen-bond acceptors (Lipinski definition) is 9. The third-order valence-corrected chi connectivity index (χ3v) is 10.3. The number of aryl methyl sites for hydroxylation is 3. The highest BCUT2D eigenvalue weighted by Crippen LogP contribution is 2.37. The van der Waals surface area contributed by atoms with Crippen LogP contribution in [0.25, 0.3) is 21.8 Å². The summed E-state index contributed by atoms with van der Waals surface area (Å²) >= 11 is 0. The van der Waals surface area contributed by atoms with Gasteiger partial charge in [0.15, 0.2) is 6.54 Å². The highest BCUT2D eigenvalue weighted by molar-refractivity contribution is 7.86. The molecule has 1 heterocycles. The largest absolute Gasteiger partial charge is 0.497 e. The van der Waals surface area contributed by atoms with Gasteiger partial charge in [0.2, 0.25) is 17.3 Å². The Morgan fingerprint density at radius 2 is 1.35 bits per heavy atom. The van der Waals surface area contributed by atoms with Crippen LogP contribution in [-0.4, -0.2) is 99.0 Å². The molecule has 1 unspecified atom stereocenters. The number of aliphatic hydroxyl groups is 1. The van der Waals surface area contributed by atoms with E-state index in [9.17, 15) is 36.4 Å². The van der Waals surface area contributed by atoms with Crippen LogP contribution >= 0.6 is 0 Å². The number of nitrogens with zero attached hydrogens (tertiary/aromatic N) is 2. The quantitative estimate of drug-likeness (QED) is 0.0285. The lowest BCUT2D eigenvalue weighted by Crippen LogP contribution is -2.42. The van der Waals surface area contributed by atoms with E-state index in [1.54, 1.807) is 50.2 Å². The molecule has 16 heteroatoms. The van der Waals surface area contributed by atoms with Crippen LogP contribution in [0.2, 0.25) is 0 Å². The Balaban J connectivity index is 1.76. The molecule has 0 saturated heterocycles. The molecule has 0 spiro atoms. The van der Waals surface area contributed by atoms with Gasteiger partial charge in [-0.25, -0.2) is 4.79 Å². The predicted molar refractivity (Wildman–Crippen MR) is 191 cm³/mol. The zero-order valence-corrected chi connectivity index (χ0v) is 31.0. The molecule has 4 rings (SSSR count). The van der Waals surface area contributed by atoms with Crippen LogP contribution in [0.3, 0.4) is 0 Å². The fraction of sp³-hybridized carbons (Fsp3) is 0.429. The van der Waals surface area contributed by atoms with Gasteiger partial charge in [0.1, 0.15) is 17.2 Å². The first kappa shape index (κ1) is 39.7. The van der Waals surface area contributed by atoms with E-state index in [-0.39, 0.29) is 24.3 Å². The van der Waals surface area contributed by atoms with Crippen molar-refractivity contribution in [2.45, 2.75) is 45.9 Å². The van der Waals surface area contributed by atoms with Crippen molar-refractivity contribution < 1.29 is 64.2 Å². The van der Waals surface area contributed by atoms with Gasteiger partial charge in [-0.05, 0) is 61.4 Å². The highest BCUT2D eigenvalue weighted by atomic mass is 32.2. The number of benzene rings is 3. The SMILES string of the molecule is COc1ccc2c(c1)c(C(O)Oc1c(C)cc(C(=O)O)cc1C)c1cc(OCCC[N+](C)(C)CCCS(=O)(=O)O)ccc1[n+]2CCCS(=O)(=O)O. The number of carboxylic acids is 1. The average Bonchev–Trinajstić information content (AvgIpc) is 3.02. The van der Waals surface area contributed by atoms with E-state index in [4.69, 9.17) is 18.8 Å². The van der Waals surface area contributed by atoms with E-state index < -0.39 is 38.2 Å². The molecule has 0 aliphatic heterocycles. The molecule has 4 N–H and O–H groups in total. The molecule has 0 aliphatic rings. The van der Waals surface area contributed by atoms with E-state index >= 15 is 0 Å². The normalized spacial score (nSPS) is 13.0. The molecular formula is C35H46N2O12S2+2. The molecule has 0 saturated carbocycles. The summed E-state index contributed by atoms with van der Waals surface area (Å²) in [6, 6.07) is 13.5. The first-order chi connectivity index (χ1) is 23.8. The molecule has 51 heavy (non-hydrogen) atoms. The second kappa shape index (κ2) is 16.1. The van der Waals surface area contributed by atoms with E-state index in [0.29, 0.717) is 92.8 Å². The van der Waals surface area contributed by atoms with Crippen LogP contribution in [-0.2, 0) is 26.8 Å². The smallest absolute Gasteiger partial charge is 0.335 e. The van der Waals surface area contributed by atoms with Gasteiger partial charge in [-0.15, -0.1) is 0 Å². The average molecular weight is 751 g/mol. The number of carbonyl (C=O) groups is 1. The Hall–Kier alpha value is -4.06. The molecular weight excluding hydrogens is 705 g/mol. The number of ether oxygens (including phenoxy) is 3. The topological polar surface area (TPSA) is 198 Å². The number of aliphatic hydroxyl groups excluding tert-OH is 1. The fourth-order valence-electron chi connectivity index (χ4n) is 6.24. The minimum Gasteiger partial charge on any atom is -0.497 e. The number of carboxylic acid groups (broad SMARTS) is 1. The molecule has 3 aromatic carbocycles. The number of aromatic nitrogens is 1. The monoisotopic (exact) mass is 750 g/mol. The van der Waals surface area contributed by atoms with Crippen LogP contribution in [0.5, 0.6) is 17.2 Å². The highest BCUT2D eigenvalue weighted by Gasteiger charge is 2.28. The second-order valence-electron chi connectivity index (χ2n) is 13.2. The molecule has 278 valence electrons. The van der Waals surface area contributed by atoms with Crippen molar-refractivity contribution in [2.24, 2.45) is 0 Å². The van der Waals surface area contributed by atoms with Crippen molar-refractivity contribution in [3.8, 4) is 17.2 Å². The summed E-state index contributed by atoms with van der Waals surface area (Å²) in [5, 5.41) is 22.4. The molecule has 0 fully saturated rings. The van der Waals surface area contributed by atoms with Gasteiger partial charge < -0.3 is 28.9 Å². The fourth-order valence-corrected chi connectivity index (χ4v) is 7.22. The maximum Gasteiger partial charge on any atom is 0.335 e. The minimum absolute atomic E-state index is 0.0835. The van der Waals surface area contributed by atoms with Crippen LogP contribution < -0.4 is 18.8 Å². The first-order valence-corrected chi connectivity index (χ1v) is 19.5. The van der Waals surface area contributed by atoms with Crippen LogP contribution in [0.15, 0.2) is 48.5 Å². The summed E-state index contributed by atoms with van der Waals surface area (Å²) in [5.41, 5.74) is 2.73. The Kier molecular flexibility index (Phi) is 12.5. The minimum atomic E-state index is -4.22. The molecule has 0 radical (unpaired) electrons. The molecule has 4 aromatic rings. The predicted octanol–water partition coefficient (Wildman–Crippen LogP) is 4.08. The van der Waals surface area contributed by atoms with Crippen molar-refractivity contribution in [1.29, 1.82) is 0 Å². The molecule has 0 amide bonds. The number of fused-ring (bicyclic) bond motifs is 2. The van der Waals surface area contributed by atoms with Crippen LogP contribution in [0, 0.1) is 13.8 Å². The van der Waals surface area contributed by atoms with Crippen molar-refractivity contribution >= 4 is 48.0 Å². The maximum absolute atomic E-state index is 11.9. The van der Waals surface area contributed by atoms with Crippen LogP contribution in [0.4, 0.5) is 0 Å². The number of rotatable bonds is 18. The summed E-state index contributed by atoms with van der Waals surface area (Å²) in [5.74, 6) is -0.565. The Morgan fingerprint density at radius 3 is 1.90 bits per heavy atom. The number of methoxy groups -OCH3 is 1. The summed E-state index contributed by atoms with van der Waals surface area (Å²) in [7, 11) is -2.81. The zero-order valence-electron chi connectivity index (χ0n) is 29.3. The van der Waals surface area contributed by atoms with Crippen molar-refractivity contribution in [3.05, 3.63) is 70.8 Å². The van der Waals surface area contributed by atoms with Crippen LogP contribution in [0.1, 0.15) is 52.6 Å². The third-order valence-electron chi connectivity index (χ3n) is 8.64. The summed E-state index contributed by atoms with van der Waals surface area (Å²) in [6.45, 7) is 5.13. The Bertz CT molecular complexity index is 2110. The number of quaternary nitrogens is 1. The third kappa shape index (κ3) is 10.7. The zero-order chi connectivity index (χ0) is 37.7. The number of aromatic carboxylic acids is 1. The Morgan fingerprint density at radius 1 is 0.824 bits per heavy atom. The van der Waals surface area contributed by atoms with E-state index in [1.807, 2.05) is 18.7 Å². The standard InChI is InChI=1S/C35H44N2O12S2/c1-23-19-25(34(38)39)20-24(2)33(23)49-35(40)32-28-21-26(47-5)9-11-30(28)36(13-6-17-50(41,42)43)31-12-10-27(22-29(31)32)48-16-7-14-37(3,4)15-8-18-51(44,45)46/h9-12,19-22,35,40H,6-8,13-18H2,1-5H3,(H-2,38,39,41,42,43,44,45,46)/p+2. The molecule has 1 aromatic heterocycles. The van der Waals surface area contributed by atoms with E-state index in [2.05, 4.69) is 0 Å². The second-order valence-corrected chi connectivity index (χ2v) is 16.4. The number of hydrogen-bond donors (Lipinski definition) is 4. The van der Waals surface area contributed by atoms with Gasteiger partial charge >= 0.3 is 5.97 Å². The maximum atomic E-state index is 11.9. The summed E-state index contributed by atoms with van der Waals surface area (Å²) < 4.78 is 84.1. The lowest BCUT2D eigenvalue weighted by atomic mass is 10.00. The molecule has 0 bridgehead atoms. The Labute approximate surface area is 297 Å².